The van der Waals surface area contributed by atoms with Crippen LogP contribution in [0.5, 0.6) is 0 Å². The zero-order valence-electron chi connectivity index (χ0n) is 24.5. The minimum Gasteiger partial charge on any atom is -0.337 e. The summed E-state index contributed by atoms with van der Waals surface area (Å²) in [5.74, 6) is -0.893. The van der Waals surface area contributed by atoms with Gasteiger partial charge in [0, 0.05) is 42.7 Å². The maximum absolute atomic E-state index is 13.8. The monoisotopic (exact) mass is 619 g/mol. The van der Waals surface area contributed by atoms with Gasteiger partial charge in [0.1, 0.15) is 5.00 Å². The van der Waals surface area contributed by atoms with Crippen LogP contribution >= 0.6 is 11.3 Å². The van der Waals surface area contributed by atoms with Crippen molar-refractivity contribution < 1.29 is 22.8 Å². The molecule has 0 atom stereocenters. The van der Waals surface area contributed by atoms with Gasteiger partial charge in [-0.15, -0.1) is 11.3 Å². The number of thiophene rings is 1. The van der Waals surface area contributed by atoms with Gasteiger partial charge < -0.3 is 10.2 Å². The van der Waals surface area contributed by atoms with E-state index in [0.717, 1.165) is 16.0 Å². The third kappa shape index (κ3) is 6.17. The molecule has 10 nitrogen and oxygen atoms in total. The van der Waals surface area contributed by atoms with Crippen molar-refractivity contribution in [2.45, 2.75) is 52.1 Å². The first-order valence-corrected chi connectivity index (χ1v) is 16.2. The zero-order chi connectivity index (χ0) is 30.9. The second kappa shape index (κ2) is 12.2. The van der Waals surface area contributed by atoms with E-state index >= 15 is 0 Å². The Morgan fingerprint density at radius 2 is 1.74 bits per heavy atom. The smallest absolute Gasteiger partial charge is 0.281 e. The van der Waals surface area contributed by atoms with Crippen LogP contribution in [0.2, 0.25) is 0 Å². The minimum atomic E-state index is -3.80. The van der Waals surface area contributed by atoms with Crippen molar-refractivity contribution in [2.75, 3.05) is 18.4 Å². The molecule has 2 aromatic carbocycles. The first-order chi connectivity index (χ1) is 20.5. The molecule has 0 saturated heterocycles. The van der Waals surface area contributed by atoms with Gasteiger partial charge in [0.2, 0.25) is 15.9 Å². The lowest BCUT2D eigenvalue weighted by atomic mass is 10.0. The van der Waals surface area contributed by atoms with E-state index in [4.69, 9.17) is 0 Å². The molecule has 4 aromatic rings. The summed E-state index contributed by atoms with van der Waals surface area (Å²) < 4.78 is 29.4. The predicted octanol–water partition coefficient (Wildman–Crippen LogP) is 4.62. The lowest BCUT2D eigenvalue weighted by molar-refractivity contribution is -0.129. The van der Waals surface area contributed by atoms with Gasteiger partial charge >= 0.3 is 0 Å². The van der Waals surface area contributed by atoms with Crippen LogP contribution in [-0.4, -0.2) is 58.2 Å². The number of nitrogens with zero attached hydrogens (tertiary/aromatic N) is 4. The van der Waals surface area contributed by atoms with Gasteiger partial charge in [-0.25, -0.2) is 13.1 Å². The fraction of sp³-hybridized carbons (Fsp3) is 0.290. The number of amides is 2. The third-order valence-corrected chi connectivity index (χ3v) is 10.5. The van der Waals surface area contributed by atoms with E-state index in [1.54, 1.807) is 25.7 Å². The van der Waals surface area contributed by atoms with Crippen LogP contribution in [0.4, 0.5) is 5.00 Å². The number of fused-ring (bicyclic) bond motifs is 1. The molecule has 0 radical (unpaired) electrons. The summed E-state index contributed by atoms with van der Waals surface area (Å²) in [7, 11) is -3.80. The summed E-state index contributed by atoms with van der Waals surface area (Å²) in [5.41, 5.74) is 3.65. The molecule has 43 heavy (non-hydrogen) atoms. The molecule has 0 bridgehead atoms. The minimum absolute atomic E-state index is 0.0588. The van der Waals surface area contributed by atoms with Crippen LogP contribution in [0.25, 0.3) is 0 Å². The van der Waals surface area contributed by atoms with Crippen molar-refractivity contribution in [1.82, 2.24) is 19.0 Å². The molecule has 0 unspecified atom stereocenters. The zero-order valence-corrected chi connectivity index (χ0v) is 26.1. The Hall–Kier alpha value is -4.13. The van der Waals surface area contributed by atoms with Gasteiger partial charge in [-0.2, -0.15) is 9.40 Å². The summed E-state index contributed by atoms with van der Waals surface area (Å²) in [4.78, 5) is 41.8. The van der Waals surface area contributed by atoms with E-state index in [1.165, 1.54) is 51.5 Å². The maximum atomic E-state index is 13.8. The van der Waals surface area contributed by atoms with Crippen LogP contribution in [-0.2, 0) is 34.3 Å². The Kier molecular flexibility index (Phi) is 8.63. The summed E-state index contributed by atoms with van der Waals surface area (Å²) in [5, 5.41) is 7.60. The molecule has 1 aliphatic rings. The molecule has 2 amide bonds. The van der Waals surface area contributed by atoms with Crippen LogP contribution in [0.15, 0.2) is 65.6 Å². The third-order valence-electron chi connectivity index (χ3n) is 7.45. The van der Waals surface area contributed by atoms with Crippen LogP contribution < -0.4 is 5.32 Å². The lowest BCUT2D eigenvalue weighted by Gasteiger charge is -2.26. The number of benzene rings is 2. The summed E-state index contributed by atoms with van der Waals surface area (Å²) in [6.07, 6.45) is 0.477. The highest BCUT2D eigenvalue weighted by atomic mass is 32.2. The average Bonchev–Trinajstić information content (AvgIpc) is 3.53. The summed E-state index contributed by atoms with van der Waals surface area (Å²) in [6.45, 7) is 8.23. The number of aromatic nitrogens is 2. The number of nitrogens with one attached hydrogen (secondary N) is 1. The van der Waals surface area contributed by atoms with E-state index in [9.17, 15) is 22.8 Å². The van der Waals surface area contributed by atoms with Crippen molar-refractivity contribution >= 4 is 44.1 Å². The van der Waals surface area contributed by atoms with Gasteiger partial charge in [-0.3, -0.25) is 14.4 Å². The molecule has 12 heteroatoms. The summed E-state index contributed by atoms with van der Waals surface area (Å²) in [6, 6.07) is 16.9. The molecule has 224 valence electrons. The van der Waals surface area contributed by atoms with E-state index in [-0.39, 0.29) is 35.4 Å². The number of anilines is 1. The van der Waals surface area contributed by atoms with Gasteiger partial charge in [-0.1, -0.05) is 37.3 Å². The van der Waals surface area contributed by atoms with E-state index in [0.29, 0.717) is 41.5 Å². The van der Waals surface area contributed by atoms with Gasteiger partial charge in [0.25, 0.3) is 11.8 Å². The molecular formula is C31H33N5O5S2. The van der Waals surface area contributed by atoms with Crippen LogP contribution in [0.1, 0.15) is 62.0 Å². The summed E-state index contributed by atoms with van der Waals surface area (Å²) >= 11 is 1.27. The second-order valence-electron chi connectivity index (χ2n) is 10.4. The SMILES string of the molecule is CCN(Cc1ccccc1)S(=O)(=O)c1ccc(C(=O)Nc2sc3c(c2C(=O)n2nc(C)cc2C)CCN(C(C)=O)C3)cc1. The number of hydrogen-bond acceptors (Lipinski definition) is 7. The Morgan fingerprint density at radius 1 is 1.05 bits per heavy atom. The predicted molar refractivity (Wildman–Crippen MR) is 165 cm³/mol. The van der Waals surface area contributed by atoms with Crippen molar-refractivity contribution in [2.24, 2.45) is 0 Å². The molecule has 1 aliphatic heterocycles. The van der Waals surface area contributed by atoms with E-state index < -0.39 is 15.9 Å². The number of carbonyl (C=O) groups is 3. The molecule has 3 heterocycles. The fourth-order valence-electron chi connectivity index (χ4n) is 5.18. The number of carbonyl (C=O) groups excluding carboxylic acids is 3. The molecule has 0 spiro atoms. The quantitative estimate of drug-likeness (QED) is 0.307. The molecule has 1 N–H and O–H groups in total. The number of sulfonamides is 1. The van der Waals surface area contributed by atoms with Crippen molar-refractivity contribution in [3.8, 4) is 0 Å². The van der Waals surface area contributed by atoms with Gasteiger partial charge in [0.15, 0.2) is 0 Å². The van der Waals surface area contributed by atoms with E-state index in [2.05, 4.69) is 10.4 Å². The first-order valence-electron chi connectivity index (χ1n) is 13.9. The Morgan fingerprint density at radius 3 is 2.35 bits per heavy atom. The van der Waals surface area contributed by atoms with Gasteiger partial charge in [0.05, 0.1) is 22.7 Å². The molecule has 0 aliphatic carbocycles. The van der Waals surface area contributed by atoms with Crippen molar-refractivity contribution in [3.05, 3.63) is 99.2 Å². The number of aryl methyl sites for hydroxylation is 2. The highest BCUT2D eigenvalue weighted by Gasteiger charge is 2.31. The molecule has 5 rings (SSSR count). The molecule has 2 aromatic heterocycles. The Labute approximate surface area is 255 Å². The highest BCUT2D eigenvalue weighted by molar-refractivity contribution is 7.89. The van der Waals surface area contributed by atoms with E-state index in [1.807, 2.05) is 36.4 Å². The second-order valence-corrected chi connectivity index (χ2v) is 13.5. The Balaban J connectivity index is 1.42. The van der Waals surface area contributed by atoms with Crippen molar-refractivity contribution in [1.29, 1.82) is 0 Å². The average molecular weight is 620 g/mol. The Bertz CT molecular complexity index is 1790. The molecule has 0 fully saturated rings. The standard InChI is InChI=1S/C31H33N5O5S2/c1-5-35(18-23-9-7-6-8-10-23)43(40,41)25-13-11-24(12-14-25)29(38)32-30-28(31(39)36-21(3)17-20(2)33-36)26-15-16-34(22(4)37)19-27(26)42-30/h6-14,17H,5,15-16,18-19H2,1-4H3,(H,32,38). The van der Waals surface area contributed by atoms with Crippen molar-refractivity contribution in [3.63, 3.8) is 0 Å². The normalized spacial score (nSPS) is 13.2. The van der Waals surface area contributed by atoms with Crippen LogP contribution in [0.3, 0.4) is 0 Å². The lowest BCUT2D eigenvalue weighted by Crippen LogP contribution is -2.34. The van der Waals surface area contributed by atoms with Crippen LogP contribution in [0, 0.1) is 13.8 Å². The highest BCUT2D eigenvalue weighted by Crippen LogP contribution is 2.38. The molecule has 0 saturated carbocycles. The fourth-order valence-corrected chi connectivity index (χ4v) is 7.87. The number of rotatable bonds is 8. The van der Waals surface area contributed by atoms with Gasteiger partial charge in [-0.05, 0) is 61.7 Å². The first kappa shape index (κ1) is 30.3. The maximum Gasteiger partial charge on any atom is 0.281 e. The topological polar surface area (TPSA) is 122 Å². The number of hydrogen-bond donors (Lipinski definition) is 1. The molecular weight excluding hydrogens is 587 g/mol. The largest absolute Gasteiger partial charge is 0.337 e.